The molecule has 0 bridgehead atoms. The van der Waals surface area contributed by atoms with Crippen molar-refractivity contribution < 1.29 is 0 Å². The molecule has 0 spiro atoms. The zero-order valence-corrected chi connectivity index (χ0v) is 12.9. The van der Waals surface area contributed by atoms with Crippen LogP contribution in [0.5, 0.6) is 0 Å². The summed E-state index contributed by atoms with van der Waals surface area (Å²) in [5, 5.41) is 0. The molecule has 2 N–H and O–H groups in total. The van der Waals surface area contributed by atoms with Crippen molar-refractivity contribution in [1.82, 2.24) is 9.97 Å². The number of nitrogens with one attached hydrogen (secondary N) is 2. The minimum absolute atomic E-state index is 0.116. The summed E-state index contributed by atoms with van der Waals surface area (Å²) < 4.78 is 0. The third-order valence-electron chi connectivity index (χ3n) is 3.54. The van der Waals surface area contributed by atoms with E-state index in [0.717, 1.165) is 16.6 Å². The molecule has 0 fully saturated rings. The van der Waals surface area contributed by atoms with Crippen molar-refractivity contribution in [2.75, 3.05) is 0 Å². The third-order valence-corrected chi connectivity index (χ3v) is 4.56. The number of alkyl halides is 1. The Labute approximate surface area is 125 Å². The number of imidazole rings is 1. The third kappa shape index (κ3) is 2.31. The van der Waals surface area contributed by atoms with Gasteiger partial charge in [-0.15, -0.1) is 0 Å². The SMILES string of the molecule is Cc1ccc(C)c(C(Br)c2ccc3[nH]c(=O)[nH]c3c2)c1. The van der Waals surface area contributed by atoms with Gasteiger partial charge in [-0.2, -0.15) is 0 Å². The Kier molecular flexibility index (Phi) is 3.26. The van der Waals surface area contributed by atoms with Crippen LogP contribution in [0.2, 0.25) is 0 Å². The summed E-state index contributed by atoms with van der Waals surface area (Å²) in [6.07, 6.45) is 0. The fraction of sp³-hybridized carbons (Fsp3) is 0.188. The summed E-state index contributed by atoms with van der Waals surface area (Å²) in [4.78, 5) is 17.0. The minimum atomic E-state index is -0.171. The van der Waals surface area contributed by atoms with Gasteiger partial charge in [0.15, 0.2) is 0 Å². The molecule has 1 heterocycles. The Balaban J connectivity index is 2.09. The molecule has 3 aromatic rings. The first-order valence-corrected chi connectivity index (χ1v) is 7.39. The predicted octanol–water partition coefficient (Wildman–Crippen LogP) is 3.96. The maximum Gasteiger partial charge on any atom is 0.323 e. The first-order valence-electron chi connectivity index (χ1n) is 6.48. The van der Waals surface area contributed by atoms with Crippen molar-refractivity contribution in [2.45, 2.75) is 18.7 Å². The van der Waals surface area contributed by atoms with Crippen molar-refractivity contribution in [3.05, 3.63) is 69.1 Å². The minimum Gasteiger partial charge on any atom is -0.306 e. The molecule has 0 radical (unpaired) electrons. The van der Waals surface area contributed by atoms with Gasteiger partial charge in [0, 0.05) is 0 Å². The van der Waals surface area contributed by atoms with Gasteiger partial charge in [-0.1, -0.05) is 45.8 Å². The number of fused-ring (bicyclic) bond motifs is 1. The fourth-order valence-corrected chi connectivity index (χ4v) is 3.20. The molecular weight excluding hydrogens is 316 g/mol. The molecule has 1 atom stereocenters. The van der Waals surface area contributed by atoms with Crippen molar-refractivity contribution >= 4 is 27.0 Å². The second-order valence-electron chi connectivity index (χ2n) is 5.11. The van der Waals surface area contributed by atoms with Crippen LogP contribution in [0.4, 0.5) is 0 Å². The summed E-state index contributed by atoms with van der Waals surface area (Å²) in [5.74, 6) is 0. The van der Waals surface area contributed by atoms with E-state index in [0.29, 0.717) is 0 Å². The number of hydrogen-bond donors (Lipinski definition) is 2. The van der Waals surface area contributed by atoms with E-state index >= 15 is 0 Å². The Hall–Kier alpha value is -1.81. The fourth-order valence-electron chi connectivity index (χ4n) is 2.42. The molecule has 20 heavy (non-hydrogen) atoms. The summed E-state index contributed by atoms with van der Waals surface area (Å²) in [6.45, 7) is 4.20. The van der Waals surface area contributed by atoms with Crippen LogP contribution in [0.15, 0.2) is 41.2 Å². The van der Waals surface area contributed by atoms with E-state index in [1.54, 1.807) is 0 Å². The molecule has 2 aromatic carbocycles. The molecule has 102 valence electrons. The lowest BCUT2D eigenvalue weighted by Crippen LogP contribution is -1.99. The topological polar surface area (TPSA) is 48.6 Å². The number of halogens is 1. The van der Waals surface area contributed by atoms with Crippen molar-refractivity contribution in [1.29, 1.82) is 0 Å². The second kappa shape index (κ2) is 4.94. The molecule has 0 aliphatic carbocycles. The summed E-state index contributed by atoms with van der Waals surface area (Å²) >= 11 is 3.77. The highest BCUT2D eigenvalue weighted by Gasteiger charge is 2.14. The van der Waals surface area contributed by atoms with E-state index in [1.165, 1.54) is 16.7 Å². The van der Waals surface area contributed by atoms with E-state index < -0.39 is 0 Å². The lowest BCUT2D eigenvalue weighted by molar-refractivity contribution is 1.14. The van der Waals surface area contributed by atoms with Gasteiger partial charge < -0.3 is 9.97 Å². The number of aromatic amines is 2. The Morgan fingerprint density at radius 2 is 1.75 bits per heavy atom. The molecule has 3 rings (SSSR count). The van der Waals surface area contributed by atoms with Crippen molar-refractivity contribution in [3.8, 4) is 0 Å². The number of aryl methyl sites for hydroxylation is 2. The average Bonchev–Trinajstić information content (AvgIpc) is 2.79. The van der Waals surface area contributed by atoms with E-state index in [4.69, 9.17) is 0 Å². The van der Waals surface area contributed by atoms with Gasteiger partial charge in [-0.25, -0.2) is 4.79 Å². The molecule has 0 saturated heterocycles. The first-order chi connectivity index (χ1) is 9.54. The van der Waals surface area contributed by atoms with Gasteiger partial charge in [-0.05, 0) is 42.7 Å². The van der Waals surface area contributed by atoms with Gasteiger partial charge >= 0.3 is 5.69 Å². The molecule has 1 unspecified atom stereocenters. The standard InChI is InChI=1S/C16H15BrN2O/c1-9-3-4-10(2)12(7-9)15(17)11-5-6-13-14(8-11)19-16(20)18-13/h3-8,15H,1-2H3,(H2,18,19,20). The van der Waals surface area contributed by atoms with E-state index in [2.05, 4.69) is 57.9 Å². The van der Waals surface area contributed by atoms with Crippen molar-refractivity contribution in [3.63, 3.8) is 0 Å². The monoisotopic (exact) mass is 330 g/mol. The molecule has 0 amide bonds. The molecule has 4 heteroatoms. The largest absolute Gasteiger partial charge is 0.323 e. The smallest absolute Gasteiger partial charge is 0.306 e. The van der Waals surface area contributed by atoms with E-state index in [1.807, 2.05) is 18.2 Å². The van der Waals surface area contributed by atoms with Crippen LogP contribution in [-0.4, -0.2) is 9.97 Å². The van der Waals surface area contributed by atoms with Gasteiger partial charge in [0.25, 0.3) is 0 Å². The number of aromatic nitrogens is 2. The zero-order chi connectivity index (χ0) is 14.3. The average molecular weight is 331 g/mol. The highest BCUT2D eigenvalue weighted by Crippen LogP contribution is 2.34. The van der Waals surface area contributed by atoms with Gasteiger partial charge in [0.2, 0.25) is 0 Å². The predicted molar refractivity (Wildman–Crippen MR) is 85.6 cm³/mol. The van der Waals surface area contributed by atoms with Crippen molar-refractivity contribution in [2.24, 2.45) is 0 Å². The number of rotatable bonds is 2. The Morgan fingerprint density at radius 3 is 2.55 bits per heavy atom. The highest BCUT2D eigenvalue weighted by molar-refractivity contribution is 9.09. The number of H-pyrrole nitrogens is 2. The zero-order valence-electron chi connectivity index (χ0n) is 11.3. The Morgan fingerprint density at radius 1 is 1.00 bits per heavy atom. The highest BCUT2D eigenvalue weighted by atomic mass is 79.9. The molecule has 1 aromatic heterocycles. The van der Waals surface area contributed by atoms with E-state index in [-0.39, 0.29) is 10.5 Å². The molecule has 0 aliphatic heterocycles. The second-order valence-corrected chi connectivity index (χ2v) is 6.02. The summed E-state index contributed by atoms with van der Waals surface area (Å²) in [5.41, 5.74) is 6.37. The van der Waals surface area contributed by atoms with Crippen LogP contribution in [0.3, 0.4) is 0 Å². The summed E-state index contributed by atoms with van der Waals surface area (Å²) in [7, 11) is 0. The molecule has 0 aliphatic rings. The van der Waals surface area contributed by atoms with Gasteiger partial charge in [0.1, 0.15) is 0 Å². The lowest BCUT2D eigenvalue weighted by atomic mass is 9.98. The molecule has 0 saturated carbocycles. The van der Waals surface area contributed by atoms with Gasteiger partial charge in [-0.3, -0.25) is 0 Å². The summed E-state index contributed by atoms with van der Waals surface area (Å²) in [6, 6.07) is 12.4. The maximum atomic E-state index is 11.3. The van der Waals surface area contributed by atoms with Crippen LogP contribution in [-0.2, 0) is 0 Å². The number of hydrogen-bond acceptors (Lipinski definition) is 1. The normalized spacial score (nSPS) is 12.8. The lowest BCUT2D eigenvalue weighted by Gasteiger charge is -2.14. The Bertz CT molecular complexity index is 832. The molecular formula is C16H15BrN2O. The van der Waals surface area contributed by atoms with Crippen LogP contribution in [0, 0.1) is 13.8 Å². The quantitative estimate of drug-likeness (QED) is 0.686. The van der Waals surface area contributed by atoms with Crippen LogP contribution < -0.4 is 5.69 Å². The van der Waals surface area contributed by atoms with Crippen LogP contribution in [0.1, 0.15) is 27.1 Å². The first kappa shape index (κ1) is 13.2. The van der Waals surface area contributed by atoms with Gasteiger partial charge in [0.05, 0.1) is 15.9 Å². The van der Waals surface area contributed by atoms with Crippen LogP contribution in [0.25, 0.3) is 11.0 Å². The molecule has 3 nitrogen and oxygen atoms in total. The van der Waals surface area contributed by atoms with E-state index in [9.17, 15) is 4.79 Å². The van der Waals surface area contributed by atoms with Crippen LogP contribution >= 0.6 is 15.9 Å². The maximum absolute atomic E-state index is 11.3. The number of benzene rings is 2.